The van der Waals surface area contributed by atoms with Crippen molar-refractivity contribution in [1.29, 1.82) is 0 Å². The Labute approximate surface area is 197 Å². The molecule has 0 unspecified atom stereocenters. The number of hydrogen-bond acceptors (Lipinski definition) is 4. The highest BCUT2D eigenvalue weighted by Gasteiger charge is 2.19. The molecule has 0 radical (unpaired) electrons. The second kappa shape index (κ2) is 10.7. The van der Waals surface area contributed by atoms with Crippen LogP contribution in [0.15, 0.2) is 41.2 Å². The summed E-state index contributed by atoms with van der Waals surface area (Å²) in [6.45, 7) is 8.22. The summed E-state index contributed by atoms with van der Waals surface area (Å²) in [4.78, 5) is 19.7. The highest BCUT2D eigenvalue weighted by atomic mass is 32.1. The standard InChI is InChI=1S/C26H31F2N3OS/c1-3-20-12-24(17(2)30-26(20)32)25-5-4-23(33-25)15-29-14-18-6-8-31(9-7-18)16-19-10-21(27)13-22(28)11-19/h4-5,10-13,18,29H,3,6-9,14-16H2,1-2H3,(H,30,32). The maximum Gasteiger partial charge on any atom is 0.251 e. The van der Waals surface area contributed by atoms with Gasteiger partial charge in [0.1, 0.15) is 11.6 Å². The molecule has 1 fully saturated rings. The minimum atomic E-state index is -0.512. The summed E-state index contributed by atoms with van der Waals surface area (Å²) in [5.41, 5.74) is 3.53. The number of halogens is 2. The fourth-order valence-electron chi connectivity index (χ4n) is 4.51. The van der Waals surface area contributed by atoms with Gasteiger partial charge in [0.05, 0.1) is 0 Å². The summed E-state index contributed by atoms with van der Waals surface area (Å²) in [6.07, 6.45) is 2.88. The Kier molecular flexibility index (Phi) is 7.73. The van der Waals surface area contributed by atoms with Crippen LogP contribution in [0.3, 0.4) is 0 Å². The molecule has 0 bridgehead atoms. The lowest BCUT2D eigenvalue weighted by Gasteiger charge is -2.32. The number of aromatic nitrogens is 1. The number of pyridine rings is 1. The summed E-state index contributed by atoms with van der Waals surface area (Å²) >= 11 is 1.76. The number of aromatic amines is 1. The molecule has 0 amide bonds. The molecule has 1 aliphatic heterocycles. The van der Waals surface area contributed by atoms with E-state index in [1.165, 1.54) is 21.9 Å². The molecule has 2 N–H and O–H groups in total. The van der Waals surface area contributed by atoms with Crippen molar-refractivity contribution in [2.24, 2.45) is 5.92 Å². The Morgan fingerprint density at radius 3 is 2.55 bits per heavy atom. The minimum Gasteiger partial charge on any atom is -0.326 e. The number of thiophene rings is 1. The Morgan fingerprint density at radius 1 is 1.12 bits per heavy atom. The second-order valence-corrected chi connectivity index (χ2v) is 10.1. The predicted octanol–water partition coefficient (Wildman–Crippen LogP) is 5.25. The highest BCUT2D eigenvalue weighted by molar-refractivity contribution is 7.15. The van der Waals surface area contributed by atoms with Crippen LogP contribution >= 0.6 is 11.3 Å². The molecule has 33 heavy (non-hydrogen) atoms. The normalized spacial score (nSPS) is 15.3. The van der Waals surface area contributed by atoms with Crippen LogP contribution in [0.1, 0.15) is 41.5 Å². The first-order valence-electron chi connectivity index (χ1n) is 11.6. The van der Waals surface area contributed by atoms with Gasteiger partial charge in [0.2, 0.25) is 0 Å². The summed E-state index contributed by atoms with van der Waals surface area (Å²) < 4.78 is 26.8. The van der Waals surface area contributed by atoms with Gasteiger partial charge in [0, 0.05) is 45.7 Å². The lowest BCUT2D eigenvalue weighted by Crippen LogP contribution is -2.36. The van der Waals surface area contributed by atoms with Gasteiger partial charge in [-0.05, 0) is 87.6 Å². The molecule has 0 spiro atoms. The van der Waals surface area contributed by atoms with Crippen molar-refractivity contribution in [2.45, 2.75) is 46.2 Å². The van der Waals surface area contributed by atoms with Crippen molar-refractivity contribution in [3.05, 3.63) is 80.1 Å². The van der Waals surface area contributed by atoms with Crippen LogP contribution in [0, 0.1) is 24.5 Å². The smallest absolute Gasteiger partial charge is 0.251 e. The van der Waals surface area contributed by atoms with Crippen LogP contribution in [0.25, 0.3) is 10.4 Å². The number of benzene rings is 1. The lowest BCUT2D eigenvalue weighted by molar-refractivity contribution is 0.175. The van der Waals surface area contributed by atoms with Crippen molar-refractivity contribution in [3.63, 3.8) is 0 Å². The van der Waals surface area contributed by atoms with E-state index in [2.05, 4.69) is 27.3 Å². The third-order valence-corrected chi connectivity index (χ3v) is 7.51. The van der Waals surface area contributed by atoms with Crippen molar-refractivity contribution >= 4 is 11.3 Å². The largest absolute Gasteiger partial charge is 0.326 e. The number of likely N-dealkylation sites (tertiary alicyclic amines) is 1. The van der Waals surface area contributed by atoms with E-state index in [0.717, 1.165) is 68.3 Å². The molecule has 176 valence electrons. The summed E-state index contributed by atoms with van der Waals surface area (Å²) in [6, 6.07) is 10.1. The first-order valence-corrected chi connectivity index (χ1v) is 12.4. The molecule has 0 saturated carbocycles. The van der Waals surface area contributed by atoms with Crippen molar-refractivity contribution in [1.82, 2.24) is 15.2 Å². The van der Waals surface area contributed by atoms with E-state index >= 15 is 0 Å². The van der Waals surface area contributed by atoms with E-state index in [-0.39, 0.29) is 5.56 Å². The van der Waals surface area contributed by atoms with Crippen LogP contribution in [0.4, 0.5) is 8.78 Å². The van der Waals surface area contributed by atoms with Crippen molar-refractivity contribution in [2.75, 3.05) is 19.6 Å². The summed E-state index contributed by atoms with van der Waals surface area (Å²) in [5.74, 6) is -0.414. The number of rotatable bonds is 8. The number of nitrogens with zero attached hydrogens (tertiary/aromatic N) is 1. The molecule has 3 heterocycles. The van der Waals surface area contributed by atoms with Gasteiger partial charge in [-0.2, -0.15) is 0 Å². The molecular weight excluding hydrogens is 440 g/mol. The van der Waals surface area contributed by atoms with Gasteiger partial charge in [-0.15, -0.1) is 11.3 Å². The van der Waals surface area contributed by atoms with Crippen molar-refractivity contribution in [3.8, 4) is 10.4 Å². The molecule has 3 aromatic rings. The number of aryl methyl sites for hydroxylation is 2. The van der Waals surface area contributed by atoms with E-state index < -0.39 is 11.6 Å². The van der Waals surface area contributed by atoms with Gasteiger partial charge in [-0.3, -0.25) is 9.69 Å². The van der Waals surface area contributed by atoms with E-state index in [9.17, 15) is 13.6 Å². The average Bonchev–Trinajstić information content (AvgIpc) is 3.23. The SMILES string of the molecule is CCc1cc(-c2ccc(CNCC3CCN(Cc4cc(F)cc(F)c4)CC3)s2)c(C)[nH]c1=O. The minimum absolute atomic E-state index is 0.00587. The van der Waals surface area contributed by atoms with Gasteiger partial charge in [0.15, 0.2) is 0 Å². The Balaban J connectivity index is 1.24. The van der Waals surface area contributed by atoms with Gasteiger partial charge < -0.3 is 10.3 Å². The quantitative estimate of drug-likeness (QED) is 0.472. The van der Waals surface area contributed by atoms with Crippen LogP contribution in [0.5, 0.6) is 0 Å². The van der Waals surface area contributed by atoms with Crippen LogP contribution in [-0.2, 0) is 19.5 Å². The highest BCUT2D eigenvalue weighted by Crippen LogP contribution is 2.30. The lowest BCUT2D eigenvalue weighted by atomic mass is 9.96. The van der Waals surface area contributed by atoms with Gasteiger partial charge in [-0.25, -0.2) is 8.78 Å². The fraction of sp³-hybridized carbons (Fsp3) is 0.423. The molecule has 2 aromatic heterocycles. The monoisotopic (exact) mass is 471 g/mol. The third kappa shape index (κ3) is 6.16. The molecule has 4 rings (SSSR count). The molecule has 0 aliphatic carbocycles. The zero-order chi connectivity index (χ0) is 23.4. The molecule has 4 nitrogen and oxygen atoms in total. The number of hydrogen-bond donors (Lipinski definition) is 2. The van der Waals surface area contributed by atoms with Crippen LogP contribution in [0.2, 0.25) is 0 Å². The molecule has 1 aliphatic rings. The van der Waals surface area contributed by atoms with Crippen LogP contribution in [-0.4, -0.2) is 29.5 Å². The number of nitrogens with one attached hydrogen (secondary N) is 2. The zero-order valence-corrected chi connectivity index (χ0v) is 20.0. The first-order chi connectivity index (χ1) is 15.9. The van der Waals surface area contributed by atoms with Crippen LogP contribution < -0.4 is 10.9 Å². The van der Waals surface area contributed by atoms with Crippen molar-refractivity contribution < 1.29 is 8.78 Å². The maximum absolute atomic E-state index is 13.4. The predicted molar refractivity (Wildman–Crippen MR) is 131 cm³/mol. The Hall–Kier alpha value is -2.35. The molecule has 7 heteroatoms. The number of H-pyrrole nitrogens is 1. The molecule has 1 aromatic carbocycles. The van der Waals surface area contributed by atoms with Gasteiger partial charge in [-0.1, -0.05) is 6.92 Å². The number of piperidine rings is 1. The molecule has 1 saturated heterocycles. The zero-order valence-electron chi connectivity index (χ0n) is 19.2. The van der Waals surface area contributed by atoms with Gasteiger partial charge >= 0.3 is 0 Å². The summed E-state index contributed by atoms with van der Waals surface area (Å²) in [5, 5.41) is 3.60. The molecular formula is C26H31F2N3OS. The van der Waals surface area contributed by atoms with E-state index in [4.69, 9.17) is 0 Å². The van der Waals surface area contributed by atoms with Gasteiger partial charge in [0.25, 0.3) is 5.56 Å². The topological polar surface area (TPSA) is 48.1 Å². The first kappa shape index (κ1) is 23.8. The van der Waals surface area contributed by atoms with E-state index in [1.54, 1.807) is 11.3 Å². The molecule has 0 atom stereocenters. The average molecular weight is 472 g/mol. The Morgan fingerprint density at radius 2 is 1.85 bits per heavy atom. The summed E-state index contributed by atoms with van der Waals surface area (Å²) in [7, 11) is 0. The van der Waals surface area contributed by atoms with E-state index in [0.29, 0.717) is 18.0 Å². The van der Waals surface area contributed by atoms with E-state index in [1.807, 2.05) is 19.9 Å². The Bertz CT molecular complexity index is 1130. The fourth-order valence-corrected chi connectivity index (χ4v) is 5.56. The third-order valence-electron chi connectivity index (χ3n) is 6.39. The second-order valence-electron chi connectivity index (χ2n) is 8.91. The maximum atomic E-state index is 13.4.